The number of ether oxygens (including phenoxy) is 1. The molecule has 0 spiro atoms. The highest BCUT2D eigenvalue weighted by molar-refractivity contribution is 7.10. The molecular formula is C22H25N2O2S2+. The Hall–Kier alpha value is -2.15. The Morgan fingerprint density at radius 3 is 2.79 bits per heavy atom. The zero-order valence-electron chi connectivity index (χ0n) is 15.9. The number of quaternary nitrogens is 1. The first-order chi connectivity index (χ1) is 13.7. The Morgan fingerprint density at radius 2 is 2.04 bits per heavy atom. The van der Waals surface area contributed by atoms with Crippen molar-refractivity contribution in [3.63, 3.8) is 0 Å². The van der Waals surface area contributed by atoms with Gasteiger partial charge in [-0.2, -0.15) is 0 Å². The fourth-order valence-corrected chi connectivity index (χ4v) is 5.68. The van der Waals surface area contributed by atoms with E-state index in [0.717, 1.165) is 25.1 Å². The molecule has 2 aromatic heterocycles. The predicted octanol–water partition coefficient (Wildman–Crippen LogP) is 2.71. The summed E-state index contributed by atoms with van der Waals surface area (Å²) in [4.78, 5) is 16.8. The Balaban J connectivity index is 1.35. The van der Waals surface area contributed by atoms with Crippen LogP contribution in [0.25, 0.3) is 0 Å². The van der Waals surface area contributed by atoms with Crippen LogP contribution in [0.3, 0.4) is 0 Å². The lowest BCUT2D eigenvalue weighted by Gasteiger charge is -2.31. The van der Waals surface area contributed by atoms with Crippen LogP contribution in [0.4, 0.5) is 0 Å². The van der Waals surface area contributed by atoms with E-state index in [2.05, 4.69) is 34.3 Å². The molecule has 1 aliphatic rings. The van der Waals surface area contributed by atoms with Crippen LogP contribution in [0.1, 0.15) is 26.9 Å². The van der Waals surface area contributed by atoms with Crippen molar-refractivity contribution in [1.82, 2.24) is 5.32 Å². The number of amides is 1. The van der Waals surface area contributed by atoms with Gasteiger partial charge in [-0.3, -0.25) is 4.79 Å². The number of rotatable bonds is 7. The minimum absolute atomic E-state index is 0.128. The second-order valence-corrected chi connectivity index (χ2v) is 9.01. The van der Waals surface area contributed by atoms with Gasteiger partial charge in [-0.15, -0.1) is 22.7 Å². The van der Waals surface area contributed by atoms with Gasteiger partial charge in [0.25, 0.3) is 5.91 Å². The fourth-order valence-electron chi connectivity index (χ4n) is 3.86. The smallest absolute Gasteiger partial charge is 0.275 e. The number of thiophene rings is 2. The molecule has 4 nitrogen and oxygen atoms in total. The van der Waals surface area contributed by atoms with Crippen LogP contribution in [-0.4, -0.2) is 32.7 Å². The Bertz CT molecular complexity index is 903. The number of benzene rings is 1. The summed E-state index contributed by atoms with van der Waals surface area (Å²) in [5, 5.41) is 7.42. The lowest BCUT2D eigenvalue weighted by Crippen LogP contribution is -3.14. The minimum Gasteiger partial charge on any atom is -0.497 e. The molecule has 0 saturated heterocycles. The molecule has 0 bridgehead atoms. The molecule has 0 radical (unpaired) electrons. The lowest BCUT2D eigenvalue weighted by atomic mass is 9.98. The van der Waals surface area contributed by atoms with Crippen molar-refractivity contribution in [3.05, 3.63) is 74.1 Å². The number of carbonyl (C=O) groups is 1. The van der Waals surface area contributed by atoms with Crippen LogP contribution in [-0.2, 0) is 17.6 Å². The molecule has 3 aromatic rings. The quantitative estimate of drug-likeness (QED) is 0.625. The first kappa shape index (κ1) is 19.2. The molecule has 1 aliphatic heterocycles. The molecule has 4 rings (SSSR count). The molecule has 28 heavy (non-hydrogen) atoms. The van der Waals surface area contributed by atoms with Crippen LogP contribution < -0.4 is 15.0 Å². The first-order valence-electron chi connectivity index (χ1n) is 9.58. The molecule has 0 aliphatic carbocycles. The summed E-state index contributed by atoms with van der Waals surface area (Å²) in [6.07, 6.45) is 1.89. The number of fused-ring (bicyclic) bond motifs is 1. The van der Waals surface area contributed by atoms with Gasteiger partial charge in [0.1, 0.15) is 11.8 Å². The first-order valence-corrected chi connectivity index (χ1v) is 11.3. The van der Waals surface area contributed by atoms with Gasteiger partial charge in [-0.05, 0) is 47.0 Å². The van der Waals surface area contributed by atoms with Crippen molar-refractivity contribution >= 4 is 28.6 Å². The second-order valence-electron chi connectivity index (χ2n) is 7.03. The minimum atomic E-state index is 0.128. The molecule has 2 N–H and O–H groups in total. The molecule has 1 amide bonds. The molecule has 1 unspecified atom stereocenters. The number of methoxy groups -OCH3 is 1. The predicted molar refractivity (Wildman–Crippen MR) is 115 cm³/mol. The van der Waals surface area contributed by atoms with Crippen LogP contribution >= 0.6 is 22.7 Å². The molecule has 0 saturated carbocycles. The maximum absolute atomic E-state index is 12.6. The number of hydrogen-bond donors (Lipinski definition) is 2. The normalized spacial score (nSPS) is 18.5. The lowest BCUT2D eigenvalue weighted by molar-refractivity contribution is -0.919. The van der Waals surface area contributed by atoms with E-state index in [4.69, 9.17) is 4.74 Å². The van der Waals surface area contributed by atoms with Gasteiger partial charge in [0.05, 0.1) is 18.5 Å². The standard InChI is InChI=1S/C22H24N2O2S2/c1-26-17-6-4-16(5-7-17)8-11-23-21(25)15-24-12-9-19-18(10-14-28-19)22(24)20-3-2-13-27-20/h2-7,10,13-14,22H,8-9,11-12,15H2,1H3,(H,23,25)/p+1/t22-/m0/s1. The maximum Gasteiger partial charge on any atom is 0.275 e. The van der Waals surface area contributed by atoms with Crippen molar-refractivity contribution < 1.29 is 14.4 Å². The summed E-state index contributed by atoms with van der Waals surface area (Å²) in [5.74, 6) is 0.984. The van der Waals surface area contributed by atoms with Gasteiger partial charge in [0, 0.05) is 23.4 Å². The highest BCUT2D eigenvalue weighted by Crippen LogP contribution is 2.31. The largest absolute Gasteiger partial charge is 0.497 e. The van der Waals surface area contributed by atoms with Crippen molar-refractivity contribution in [2.75, 3.05) is 26.7 Å². The molecule has 2 atom stereocenters. The Labute approximate surface area is 173 Å². The van der Waals surface area contributed by atoms with Crippen LogP contribution in [0.5, 0.6) is 5.75 Å². The van der Waals surface area contributed by atoms with E-state index < -0.39 is 0 Å². The average Bonchev–Trinajstić information content (AvgIpc) is 3.40. The van der Waals surface area contributed by atoms with Gasteiger partial charge in [0.2, 0.25) is 0 Å². The second kappa shape index (κ2) is 8.90. The molecule has 146 valence electrons. The molecular weight excluding hydrogens is 388 g/mol. The summed E-state index contributed by atoms with van der Waals surface area (Å²) < 4.78 is 5.19. The summed E-state index contributed by atoms with van der Waals surface area (Å²) in [5.41, 5.74) is 2.60. The van der Waals surface area contributed by atoms with Gasteiger partial charge < -0.3 is 15.0 Å². The zero-order chi connectivity index (χ0) is 19.3. The number of nitrogens with one attached hydrogen (secondary N) is 2. The third-order valence-electron chi connectivity index (χ3n) is 5.28. The summed E-state index contributed by atoms with van der Waals surface area (Å²) in [6, 6.07) is 14.8. The SMILES string of the molecule is COc1ccc(CCNC(=O)C[NH+]2CCc3sccc3[C@H]2c2cccs2)cc1. The van der Waals surface area contributed by atoms with Crippen LogP contribution in [0, 0.1) is 0 Å². The van der Waals surface area contributed by atoms with Crippen molar-refractivity contribution in [2.45, 2.75) is 18.9 Å². The highest BCUT2D eigenvalue weighted by Gasteiger charge is 2.34. The van der Waals surface area contributed by atoms with E-state index in [1.165, 1.54) is 25.8 Å². The van der Waals surface area contributed by atoms with Crippen LogP contribution in [0.15, 0.2) is 53.2 Å². The summed E-state index contributed by atoms with van der Waals surface area (Å²) >= 11 is 3.63. The van der Waals surface area contributed by atoms with Gasteiger partial charge in [0.15, 0.2) is 6.54 Å². The average molecular weight is 414 g/mol. The van der Waals surface area contributed by atoms with Gasteiger partial charge >= 0.3 is 0 Å². The van der Waals surface area contributed by atoms with Gasteiger partial charge in [-0.1, -0.05) is 18.2 Å². The number of carbonyl (C=O) groups excluding carboxylic acids is 1. The van der Waals surface area contributed by atoms with Crippen molar-refractivity contribution in [1.29, 1.82) is 0 Å². The topological polar surface area (TPSA) is 42.8 Å². The van der Waals surface area contributed by atoms with E-state index >= 15 is 0 Å². The Kier molecular flexibility index (Phi) is 6.10. The van der Waals surface area contributed by atoms with E-state index in [9.17, 15) is 4.79 Å². The number of hydrogen-bond acceptors (Lipinski definition) is 4. The van der Waals surface area contributed by atoms with E-state index in [1.807, 2.05) is 35.6 Å². The van der Waals surface area contributed by atoms with Crippen LogP contribution in [0.2, 0.25) is 0 Å². The monoisotopic (exact) mass is 413 g/mol. The summed E-state index contributed by atoms with van der Waals surface area (Å²) in [6.45, 7) is 2.17. The van der Waals surface area contributed by atoms with E-state index in [1.54, 1.807) is 18.4 Å². The molecule has 6 heteroatoms. The summed E-state index contributed by atoms with van der Waals surface area (Å²) in [7, 11) is 1.67. The Morgan fingerprint density at radius 1 is 1.18 bits per heavy atom. The third-order valence-corrected chi connectivity index (χ3v) is 7.22. The molecule has 3 heterocycles. The van der Waals surface area contributed by atoms with Crippen molar-refractivity contribution in [3.8, 4) is 5.75 Å². The van der Waals surface area contributed by atoms with Gasteiger partial charge in [-0.25, -0.2) is 0 Å². The molecule has 0 fully saturated rings. The highest BCUT2D eigenvalue weighted by atomic mass is 32.1. The van der Waals surface area contributed by atoms with E-state index in [-0.39, 0.29) is 11.9 Å². The van der Waals surface area contributed by atoms with E-state index in [0.29, 0.717) is 13.1 Å². The third kappa shape index (κ3) is 4.29. The zero-order valence-corrected chi connectivity index (χ0v) is 17.6. The maximum atomic E-state index is 12.6. The van der Waals surface area contributed by atoms with Crippen molar-refractivity contribution in [2.24, 2.45) is 0 Å². The fraction of sp³-hybridized carbons (Fsp3) is 0.318. The molecule has 1 aromatic carbocycles.